The number of carbonyl (C=O) groups is 3. The summed E-state index contributed by atoms with van der Waals surface area (Å²) in [6, 6.07) is 16.5. The van der Waals surface area contributed by atoms with E-state index in [2.05, 4.69) is 10.6 Å². The van der Waals surface area contributed by atoms with Gasteiger partial charge in [0.15, 0.2) is 0 Å². The molecule has 1 heterocycles. The van der Waals surface area contributed by atoms with Gasteiger partial charge in [0.2, 0.25) is 0 Å². The summed E-state index contributed by atoms with van der Waals surface area (Å²) < 4.78 is 9.65. The Morgan fingerprint density at radius 2 is 1.59 bits per heavy atom. The summed E-state index contributed by atoms with van der Waals surface area (Å²) in [6.45, 7) is 1.89. The number of hydrogen-bond acceptors (Lipinski definition) is 6. The van der Waals surface area contributed by atoms with E-state index in [0.717, 1.165) is 0 Å². The Balaban J connectivity index is 1.61. The zero-order valence-electron chi connectivity index (χ0n) is 15.5. The van der Waals surface area contributed by atoms with Gasteiger partial charge in [-0.2, -0.15) is 0 Å². The number of rotatable bonds is 6. The highest BCUT2D eigenvalue weighted by atomic mass is 32.1. The fourth-order valence-corrected chi connectivity index (χ4v) is 3.02. The molecule has 0 radical (unpaired) electrons. The number of hydrogen-bond donors (Lipinski definition) is 2. The van der Waals surface area contributed by atoms with Crippen molar-refractivity contribution in [2.45, 2.75) is 6.92 Å². The molecule has 0 aliphatic carbocycles. The minimum absolute atomic E-state index is 0.208. The molecule has 2 N–H and O–H groups in total. The number of amides is 2. The van der Waals surface area contributed by atoms with Crippen molar-refractivity contribution >= 4 is 40.7 Å². The van der Waals surface area contributed by atoms with Crippen LogP contribution < -0.4 is 15.4 Å². The molecule has 0 bridgehead atoms. The summed E-state index contributed by atoms with van der Waals surface area (Å²) in [7, 11) is 0. The van der Waals surface area contributed by atoms with Crippen molar-refractivity contribution in [3.05, 3.63) is 76.5 Å². The summed E-state index contributed by atoms with van der Waals surface area (Å²) in [4.78, 5) is 36.5. The molecule has 3 rings (SSSR count). The molecule has 0 spiro atoms. The largest absolute Gasteiger partial charge is 0.513 e. The first-order chi connectivity index (χ1) is 14.0. The van der Waals surface area contributed by atoms with Crippen LogP contribution in [0.25, 0.3) is 0 Å². The molecule has 29 heavy (non-hydrogen) atoms. The predicted molar refractivity (Wildman–Crippen MR) is 111 cm³/mol. The lowest BCUT2D eigenvalue weighted by Crippen LogP contribution is -2.13. The topological polar surface area (TPSA) is 93.7 Å². The average Bonchev–Trinajstić information content (AvgIpc) is 3.24. The van der Waals surface area contributed by atoms with Crippen LogP contribution in [0.4, 0.5) is 16.2 Å². The van der Waals surface area contributed by atoms with Crippen LogP contribution in [0.5, 0.6) is 5.75 Å². The van der Waals surface area contributed by atoms with E-state index < -0.39 is 6.16 Å². The van der Waals surface area contributed by atoms with E-state index in [1.807, 2.05) is 5.38 Å². The van der Waals surface area contributed by atoms with Gasteiger partial charge in [-0.3, -0.25) is 9.59 Å². The highest BCUT2D eigenvalue weighted by molar-refractivity contribution is 7.12. The monoisotopic (exact) mass is 410 g/mol. The van der Waals surface area contributed by atoms with Gasteiger partial charge in [-0.1, -0.05) is 12.1 Å². The first-order valence-corrected chi connectivity index (χ1v) is 9.64. The maximum absolute atomic E-state index is 12.4. The third kappa shape index (κ3) is 5.66. The number of anilines is 2. The number of ether oxygens (including phenoxy) is 2. The molecular weight excluding hydrogens is 392 g/mol. The normalized spacial score (nSPS) is 10.1. The molecule has 1 aromatic heterocycles. The molecule has 3 aromatic rings. The Labute approximate surface area is 171 Å². The second-order valence-electron chi connectivity index (χ2n) is 5.78. The van der Waals surface area contributed by atoms with E-state index in [9.17, 15) is 14.4 Å². The van der Waals surface area contributed by atoms with Crippen molar-refractivity contribution in [3.8, 4) is 5.75 Å². The molecule has 0 aliphatic rings. The lowest BCUT2D eigenvalue weighted by molar-refractivity contribution is 0.102. The number of nitrogens with one attached hydrogen (secondary N) is 2. The molecule has 8 heteroatoms. The van der Waals surface area contributed by atoms with Crippen molar-refractivity contribution in [1.82, 2.24) is 0 Å². The minimum Gasteiger partial charge on any atom is -0.434 e. The lowest BCUT2D eigenvalue weighted by Gasteiger charge is -2.09. The highest BCUT2D eigenvalue weighted by Gasteiger charge is 2.10. The Morgan fingerprint density at radius 3 is 2.21 bits per heavy atom. The van der Waals surface area contributed by atoms with Gasteiger partial charge in [-0.25, -0.2) is 4.79 Å². The lowest BCUT2D eigenvalue weighted by atomic mass is 10.2. The average molecular weight is 410 g/mol. The SMILES string of the molecule is CCOC(=O)Oc1ccc(C(=O)Nc2cccc(NC(=O)c3cccs3)c2)cc1. The molecule has 7 nitrogen and oxygen atoms in total. The van der Waals surface area contributed by atoms with Crippen molar-refractivity contribution in [2.24, 2.45) is 0 Å². The molecule has 2 amide bonds. The van der Waals surface area contributed by atoms with Crippen LogP contribution in [0.2, 0.25) is 0 Å². The molecule has 0 saturated carbocycles. The molecule has 148 valence electrons. The summed E-state index contributed by atoms with van der Waals surface area (Å²) in [5, 5.41) is 7.39. The molecule has 0 saturated heterocycles. The van der Waals surface area contributed by atoms with Gasteiger partial charge in [0.05, 0.1) is 11.5 Å². The standard InChI is InChI=1S/C21H18N2O5S/c1-2-27-21(26)28-17-10-8-14(9-11-17)19(24)22-15-5-3-6-16(13-15)23-20(25)18-7-4-12-29-18/h3-13H,2H2,1H3,(H,22,24)(H,23,25). The van der Waals surface area contributed by atoms with Crippen LogP contribution in [-0.2, 0) is 4.74 Å². The summed E-state index contributed by atoms with van der Waals surface area (Å²) in [5.41, 5.74) is 1.49. The summed E-state index contributed by atoms with van der Waals surface area (Å²) >= 11 is 1.35. The maximum atomic E-state index is 12.4. The van der Waals surface area contributed by atoms with Crippen molar-refractivity contribution in [2.75, 3.05) is 17.2 Å². The van der Waals surface area contributed by atoms with Crippen molar-refractivity contribution in [1.29, 1.82) is 0 Å². The van der Waals surface area contributed by atoms with Crippen LogP contribution in [0.15, 0.2) is 66.0 Å². The van der Waals surface area contributed by atoms with E-state index in [1.165, 1.54) is 35.6 Å². The molecule has 0 atom stereocenters. The third-order valence-corrected chi connectivity index (χ3v) is 4.57. The zero-order valence-corrected chi connectivity index (χ0v) is 16.3. The highest BCUT2D eigenvalue weighted by Crippen LogP contribution is 2.19. The van der Waals surface area contributed by atoms with E-state index in [1.54, 1.807) is 43.3 Å². The first kappa shape index (κ1) is 20.1. The quantitative estimate of drug-likeness (QED) is 0.450. The fraction of sp³-hybridized carbons (Fsp3) is 0.0952. The van der Waals surface area contributed by atoms with Crippen LogP contribution in [0.1, 0.15) is 27.0 Å². The van der Waals surface area contributed by atoms with Gasteiger partial charge in [0, 0.05) is 16.9 Å². The number of carbonyl (C=O) groups excluding carboxylic acids is 3. The van der Waals surface area contributed by atoms with Gasteiger partial charge in [0.1, 0.15) is 5.75 Å². The van der Waals surface area contributed by atoms with Crippen LogP contribution in [-0.4, -0.2) is 24.6 Å². The van der Waals surface area contributed by atoms with Gasteiger partial charge < -0.3 is 20.1 Å². The van der Waals surface area contributed by atoms with Crippen LogP contribution >= 0.6 is 11.3 Å². The van der Waals surface area contributed by atoms with Crippen molar-refractivity contribution in [3.63, 3.8) is 0 Å². The second kappa shape index (κ2) is 9.52. The molecule has 0 unspecified atom stereocenters. The van der Waals surface area contributed by atoms with E-state index in [0.29, 0.717) is 21.8 Å². The van der Waals surface area contributed by atoms with E-state index in [4.69, 9.17) is 9.47 Å². The summed E-state index contributed by atoms with van der Waals surface area (Å²) in [6.07, 6.45) is -0.800. The smallest absolute Gasteiger partial charge is 0.434 e. The van der Waals surface area contributed by atoms with E-state index >= 15 is 0 Å². The molecular formula is C21H18N2O5S. The Bertz CT molecular complexity index is 1000. The van der Waals surface area contributed by atoms with Crippen LogP contribution in [0.3, 0.4) is 0 Å². The van der Waals surface area contributed by atoms with Gasteiger partial charge in [-0.15, -0.1) is 11.3 Å². The van der Waals surface area contributed by atoms with Gasteiger partial charge >= 0.3 is 6.16 Å². The molecule has 0 aliphatic heterocycles. The summed E-state index contributed by atoms with van der Waals surface area (Å²) in [5.74, 6) is -0.270. The predicted octanol–water partition coefficient (Wildman–Crippen LogP) is 4.79. The molecule has 0 fully saturated rings. The van der Waals surface area contributed by atoms with Crippen molar-refractivity contribution < 1.29 is 23.9 Å². The minimum atomic E-state index is -0.800. The maximum Gasteiger partial charge on any atom is 0.513 e. The van der Waals surface area contributed by atoms with E-state index in [-0.39, 0.29) is 24.2 Å². The Hall–Kier alpha value is -3.65. The Morgan fingerprint density at radius 1 is 0.897 bits per heavy atom. The van der Waals surface area contributed by atoms with Crippen LogP contribution in [0, 0.1) is 0 Å². The Kier molecular flexibility index (Phi) is 6.59. The number of benzene rings is 2. The zero-order chi connectivity index (χ0) is 20.6. The first-order valence-electron chi connectivity index (χ1n) is 8.76. The number of thiophene rings is 1. The van der Waals surface area contributed by atoms with Gasteiger partial charge in [-0.05, 0) is 60.8 Å². The fourth-order valence-electron chi connectivity index (χ4n) is 2.40. The second-order valence-corrected chi connectivity index (χ2v) is 6.72. The third-order valence-electron chi connectivity index (χ3n) is 3.70. The molecule has 2 aromatic carbocycles. The van der Waals surface area contributed by atoms with Gasteiger partial charge in [0.25, 0.3) is 11.8 Å².